The van der Waals surface area contributed by atoms with Gasteiger partial charge in [0.05, 0.1) is 28.1 Å². The minimum atomic E-state index is -0.516. The van der Waals surface area contributed by atoms with Crippen molar-refractivity contribution >= 4 is 50.9 Å². The second-order valence-electron chi connectivity index (χ2n) is 7.77. The van der Waals surface area contributed by atoms with Gasteiger partial charge in [-0.2, -0.15) is 0 Å². The number of esters is 1. The first-order valence-electron chi connectivity index (χ1n) is 10.9. The van der Waals surface area contributed by atoms with Gasteiger partial charge in [-0.1, -0.05) is 48.0 Å². The van der Waals surface area contributed by atoms with E-state index in [1.165, 1.54) is 4.90 Å². The van der Waals surface area contributed by atoms with Gasteiger partial charge in [-0.25, -0.2) is 4.79 Å². The molecule has 178 valence electrons. The van der Waals surface area contributed by atoms with E-state index in [1.54, 1.807) is 42.5 Å². The summed E-state index contributed by atoms with van der Waals surface area (Å²) in [5.41, 5.74) is 3.02. The lowest BCUT2D eigenvalue weighted by atomic mass is 10.1. The van der Waals surface area contributed by atoms with Gasteiger partial charge in [-0.05, 0) is 83.0 Å². The predicted octanol–water partition coefficient (Wildman–Crippen LogP) is 6.61. The maximum atomic E-state index is 13.0. The fourth-order valence-electron chi connectivity index (χ4n) is 3.42. The van der Waals surface area contributed by atoms with Crippen LogP contribution in [0.15, 0.2) is 76.1 Å². The van der Waals surface area contributed by atoms with Crippen molar-refractivity contribution in [1.82, 2.24) is 4.90 Å². The number of amides is 2. The summed E-state index contributed by atoms with van der Waals surface area (Å²) in [5.74, 6) is -0.284. The van der Waals surface area contributed by atoms with Gasteiger partial charge in [0.1, 0.15) is 0 Å². The third-order valence-corrected chi connectivity index (χ3v) is 6.67. The monoisotopic (exact) mass is 551 g/mol. The summed E-state index contributed by atoms with van der Waals surface area (Å²) in [4.78, 5) is 39.6. The van der Waals surface area contributed by atoms with Crippen LogP contribution in [0.2, 0.25) is 0 Å². The largest absolute Gasteiger partial charge is 0.490 e. The van der Waals surface area contributed by atoms with Crippen molar-refractivity contribution in [2.45, 2.75) is 20.4 Å². The molecule has 1 fully saturated rings. The zero-order valence-corrected chi connectivity index (χ0v) is 21.5. The van der Waals surface area contributed by atoms with Gasteiger partial charge in [-0.15, -0.1) is 0 Å². The number of carbonyl (C=O) groups excluding carboxylic acids is 3. The molecule has 2 amide bonds. The highest BCUT2D eigenvalue weighted by molar-refractivity contribution is 9.10. The standard InChI is InChI=1S/C27H22BrNO5S/c1-3-33-22-14-19(13-21(28)24(22)34-26(31)20-7-5-4-6-8-20)15-23-25(30)29(27(32)35-23)16-18-11-9-17(2)10-12-18/h4-15H,3,16H2,1-2H3/b23-15-. The third-order valence-electron chi connectivity index (χ3n) is 5.17. The van der Waals surface area contributed by atoms with Gasteiger partial charge in [-0.3, -0.25) is 14.5 Å². The molecule has 3 aromatic carbocycles. The number of imide groups is 1. The molecule has 0 atom stereocenters. The van der Waals surface area contributed by atoms with E-state index in [-0.39, 0.29) is 23.4 Å². The maximum absolute atomic E-state index is 13.0. The first-order valence-corrected chi connectivity index (χ1v) is 12.5. The highest BCUT2D eigenvalue weighted by Crippen LogP contribution is 2.40. The topological polar surface area (TPSA) is 72.9 Å². The summed E-state index contributed by atoms with van der Waals surface area (Å²) < 4.78 is 11.8. The fraction of sp³-hybridized carbons (Fsp3) is 0.148. The summed E-state index contributed by atoms with van der Waals surface area (Å²) in [5, 5.41) is -0.320. The average Bonchev–Trinajstić information content (AvgIpc) is 3.10. The van der Waals surface area contributed by atoms with Crippen molar-refractivity contribution in [3.8, 4) is 11.5 Å². The molecule has 0 radical (unpaired) electrons. The normalized spacial score (nSPS) is 14.5. The molecule has 0 bridgehead atoms. The van der Waals surface area contributed by atoms with E-state index >= 15 is 0 Å². The SMILES string of the molecule is CCOc1cc(/C=C2\SC(=O)N(Cc3ccc(C)cc3)C2=O)cc(Br)c1OC(=O)c1ccccc1. The van der Waals surface area contributed by atoms with Crippen molar-refractivity contribution in [2.75, 3.05) is 6.61 Å². The Morgan fingerprint density at radius 1 is 1.06 bits per heavy atom. The molecule has 0 aromatic heterocycles. The highest BCUT2D eigenvalue weighted by Gasteiger charge is 2.35. The van der Waals surface area contributed by atoms with E-state index in [0.717, 1.165) is 22.9 Å². The number of rotatable bonds is 7. The van der Waals surface area contributed by atoms with Crippen LogP contribution >= 0.6 is 27.7 Å². The lowest BCUT2D eigenvalue weighted by Crippen LogP contribution is -2.27. The van der Waals surface area contributed by atoms with Gasteiger partial charge >= 0.3 is 5.97 Å². The van der Waals surface area contributed by atoms with E-state index in [1.807, 2.05) is 44.2 Å². The first-order chi connectivity index (χ1) is 16.9. The second kappa shape index (κ2) is 10.9. The number of halogens is 1. The molecular weight excluding hydrogens is 530 g/mol. The molecule has 1 aliphatic rings. The van der Waals surface area contributed by atoms with Crippen LogP contribution in [0.5, 0.6) is 11.5 Å². The Bertz CT molecular complexity index is 1310. The van der Waals surface area contributed by atoms with Crippen LogP contribution in [-0.2, 0) is 11.3 Å². The quantitative estimate of drug-likeness (QED) is 0.187. The van der Waals surface area contributed by atoms with Gasteiger partial charge in [0, 0.05) is 0 Å². The summed E-state index contributed by atoms with van der Waals surface area (Å²) in [6.07, 6.45) is 1.64. The molecule has 0 N–H and O–H groups in total. The van der Waals surface area contributed by atoms with E-state index in [4.69, 9.17) is 9.47 Å². The van der Waals surface area contributed by atoms with Gasteiger partial charge in [0.2, 0.25) is 0 Å². The molecular formula is C27H22BrNO5S. The van der Waals surface area contributed by atoms with E-state index in [0.29, 0.717) is 32.9 Å². The molecule has 1 saturated heterocycles. The van der Waals surface area contributed by atoms with Crippen molar-refractivity contribution < 1.29 is 23.9 Å². The fourth-order valence-corrected chi connectivity index (χ4v) is 4.80. The number of carbonyl (C=O) groups is 3. The van der Waals surface area contributed by atoms with Gasteiger partial charge in [0.15, 0.2) is 11.5 Å². The lowest BCUT2D eigenvalue weighted by molar-refractivity contribution is -0.123. The zero-order chi connectivity index (χ0) is 24.9. The second-order valence-corrected chi connectivity index (χ2v) is 9.62. The molecule has 0 unspecified atom stereocenters. The number of benzene rings is 3. The molecule has 0 aliphatic carbocycles. The maximum Gasteiger partial charge on any atom is 0.343 e. The minimum absolute atomic E-state index is 0.213. The number of aryl methyl sites for hydroxylation is 1. The molecule has 0 spiro atoms. The first kappa shape index (κ1) is 24.8. The summed E-state index contributed by atoms with van der Waals surface area (Å²) in [6, 6.07) is 19.7. The van der Waals surface area contributed by atoms with Crippen LogP contribution in [-0.4, -0.2) is 28.6 Å². The molecule has 8 heteroatoms. The smallest absolute Gasteiger partial charge is 0.343 e. The Hall–Kier alpha value is -3.36. The van der Waals surface area contributed by atoms with Gasteiger partial charge in [0.25, 0.3) is 11.1 Å². The van der Waals surface area contributed by atoms with E-state index in [2.05, 4.69) is 15.9 Å². The Labute approximate surface area is 216 Å². The van der Waals surface area contributed by atoms with Crippen LogP contribution in [0.4, 0.5) is 4.79 Å². The molecule has 0 saturated carbocycles. The zero-order valence-electron chi connectivity index (χ0n) is 19.1. The molecule has 4 rings (SSSR count). The van der Waals surface area contributed by atoms with Crippen LogP contribution in [0, 0.1) is 6.92 Å². The third kappa shape index (κ3) is 5.83. The number of nitrogens with zero attached hydrogens (tertiary/aromatic N) is 1. The molecule has 35 heavy (non-hydrogen) atoms. The van der Waals surface area contributed by atoms with E-state index in [9.17, 15) is 14.4 Å². The Kier molecular flexibility index (Phi) is 7.73. The number of ether oxygens (including phenoxy) is 2. The minimum Gasteiger partial charge on any atom is -0.490 e. The Balaban J connectivity index is 1.58. The molecule has 6 nitrogen and oxygen atoms in total. The predicted molar refractivity (Wildman–Crippen MR) is 139 cm³/mol. The Morgan fingerprint density at radius 2 is 1.77 bits per heavy atom. The van der Waals surface area contributed by atoms with Crippen molar-refractivity contribution in [3.63, 3.8) is 0 Å². The molecule has 1 heterocycles. The van der Waals surface area contributed by atoms with Crippen LogP contribution in [0.25, 0.3) is 6.08 Å². The highest BCUT2D eigenvalue weighted by atomic mass is 79.9. The summed E-state index contributed by atoms with van der Waals surface area (Å²) >= 11 is 4.35. The number of hydrogen-bond acceptors (Lipinski definition) is 6. The Morgan fingerprint density at radius 3 is 2.46 bits per heavy atom. The van der Waals surface area contributed by atoms with Crippen LogP contribution in [0.1, 0.15) is 34.0 Å². The van der Waals surface area contributed by atoms with Crippen LogP contribution in [0.3, 0.4) is 0 Å². The van der Waals surface area contributed by atoms with Crippen molar-refractivity contribution in [1.29, 1.82) is 0 Å². The molecule has 1 aliphatic heterocycles. The average molecular weight is 552 g/mol. The molecule has 3 aromatic rings. The number of thioether (sulfide) groups is 1. The number of hydrogen-bond donors (Lipinski definition) is 0. The van der Waals surface area contributed by atoms with E-state index < -0.39 is 5.97 Å². The van der Waals surface area contributed by atoms with Gasteiger partial charge < -0.3 is 9.47 Å². The summed E-state index contributed by atoms with van der Waals surface area (Å²) in [6.45, 7) is 4.36. The summed E-state index contributed by atoms with van der Waals surface area (Å²) in [7, 11) is 0. The lowest BCUT2D eigenvalue weighted by Gasteiger charge is -2.14. The van der Waals surface area contributed by atoms with Crippen LogP contribution < -0.4 is 9.47 Å². The van der Waals surface area contributed by atoms with Crippen molar-refractivity contribution in [3.05, 3.63) is 98.4 Å². The van der Waals surface area contributed by atoms with Crippen molar-refractivity contribution in [2.24, 2.45) is 0 Å².